The highest BCUT2D eigenvalue weighted by molar-refractivity contribution is 6.32. The van der Waals surface area contributed by atoms with Gasteiger partial charge in [0.1, 0.15) is 11.0 Å². The Labute approximate surface area is 90.7 Å². The molecule has 0 unspecified atom stereocenters. The third-order valence-corrected chi connectivity index (χ3v) is 2.21. The summed E-state index contributed by atoms with van der Waals surface area (Å²) in [5.74, 6) is -0.298. The van der Waals surface area contributed by atoms with Crippen molar-refractivity contribution in [2.75, 3.05) is 5.73 Å². The smallest absolute Gasteiger partial charge is 0.221 e. The van der Waals surface area contributed by atoms with Crippen LogP contribution in [0.15, 0.2) is 30.5 Å². The first-order valence-corrected chi connectivity index (χ1v) is 4.59. The summed E-state index contributed by atoms with van der Waals surface area (Å²) in [7, 11) is 0. The first-order valence-electron chi connectivity index (χ1n) is 4.21. The lowest BCUT2D eigenvalue weighted by Crippen LogP contribution is -1.96. The van der Waals surface area contributed by atoms with Gasteiger partial charge in [0.15, 0.2) is 0 Å². The molecule has 1 aromatic carbocycles. The minimum atomic E-state index is -0.368. The molecule has 0 radical (unpaired) electrons. The fourth-order valence-electron chi connectivity index (χ4n) is 1.23. The number of nitrogen functional groups attached to an aromatic ring is 1. The van der Waals surface area contributed by atoms with Crippen LogP contribution in [-0.4, -0.2) is 9.97 Å². The summed E-state index contributed by atoms with van der Waals surface area (Å²) < 4.78 is 13.4. The number of hydrogen-bond acceptors (Lipinski definition) is 3. The normalized spacial score (nSPS) is 10.3. The molecular formula is C10H7ClFN3. The van der Waals surface area contributed by atoms with E-state index in [0.29, 0.717) is 11.1 Å². The number of nitrogens with zero attached hydrogens (tertiary/aromatic N) is 2. The van der Waals surface area contributed by atoms with Gasteiger partial charge >= 0.3 is 0 Å². The highest BCUT2D eigenvalue weighted by atomic mass is 35.5. The van der Waals surface area contributed by atoms with Gasteiger partial charge in [0.25, 0.3) is 0 Å². The molecule has 0 bridgehead atoms. The van der Waals surface area contributed by atoms with Crippen LogP contribution in [0.1, 0.15) is 0 Å². The molecule has 0 atom stereocenters. The maximum absolute atomic E-state index is 13.4. The number of halogens is 2. The van der Waals surface area contributed by atoms with Crippen molar-refractivity contribution >= 4 is 17.5 Å². The molecular weight excluding hydrogens is 217 g/mol. The lowest BCUT2D eigenvalue weighted by Gasteiger charge is -2.04. The van der Waals surface area contributed by atoms with Gasteiger partial charge in [-0.25, -0.2) is 14.4 Å². The van der Waals surface area contributed by atoms with Gasteiger partial charge in [0, 0.05) is 17.3 Å². The molecule has 15 heavy (non-hydrogen) atoms. The van der Waals surface area contributed by atoms with Crippen LogP contribution in [0.5, 0.6) is 0 Å². The Hall–Kier alpha value is -1.68. The van der Waals surface area contributed by atoms with Crippen molar-refractivity contribution in [1.29, 1.82) is 0 Å². The highest BCUT2D eigenvalue weighted by Gasteiger charge is 2.09. The molecule has 0 aliphatic carbocycles. The summed E-state index contributed by atoms with van der Waals surface area (Å²) in [6.07, 6.45) is 1.41. The summed E-state index contributed by atoms with van der Waals surface area (Å²) >= 11 is 5.84. The Morgan fingerprint density at radius 3 is 2.60 bits per heavy atom. The minimum Gasteiger partial charge on any atom is -0.368 e. The Bertz CT molecular complexity index is 502. The van der Waals surface area contributed by atoms with Gasteiger partial charge in [-0.05, 0) is 6.07 Å². The molecule has 76 valence electrons. The van der Waals surface area contributed by atoms with E-state index in [4.69, 9.17) is 17.3 Å². The van der Waals surface area contributed by atoms with Crippen molar-refractivity contribution in [2.24, 2.45) is 0 Å². The summed E-state index contributed by atoms with van der Waals surface area (Å²) in [6.45, 7) is 0. The largest absolute Gasteiger partial charge is 0.368 e. The van der Waals surface area contributed by atoms with Crippen molar-refractivity contribution in [3.05, 3.63) is 41.4 Å². The van der Waals surface area contributed by atoms with Gasteiger partial charge < -0.3 is 5.73 Å². The summed E-state index contributed by atoms with van der Waals surface area (Å²) in [6, 6.07) is 6.27. The number of benzene rings is 1. The second-order valence-corrected chi connectivity index (χ2v) is 3.27. The second-order valence-electron chi connectivity index (χ2n) is 2.91. The Morgan fingerprint density at radius 2 is 1.93 bits per heavy atom. The van der Waals surface area contributed by atoms with Crippen molar-refractivity contribution in [2.45, 2.75) is 0 Å². The topological polar surface area (TPSA) is 51.8 Å². The van der Waals surface area contributed by atoms with Crippen LogP contribution in [0.25, 0.3) is 11.1 Å². The van der Waals surface area contributed by atoms with E-state index in [9.17, 15) is 4.39 Å². The number of anilines is 1. The zero-order valence-corrected chi connectivity index (χ0v) is 8.37. The zero-order chi connectivity index (χ0) is 10.8. The Kier molecular flexibility index (Phi) is 2.51. The predicted molar refractivity (Wildman–Crippen MR) is 56.8 cm³/mol. The van der Waals surface area contributed by atoms with E-state index in [0.717, 1.165) is 0 Å². The van der Waals surface area contributed by atoms with Gasteiger partial charge in [0.05, 0.1) is 0 Å². The molecule has 0 saturated carbocycles. The monoisotopic (exact) mass is 223 g/mol. The molecule has 2 aromatic rings. The second kappa shape index (κ2) is 3.82. The number of rotatable bonds is 1. The third-order valence-electron chi connectivity index (χ3n) is 1.92. The molecule has 2 rings (SSSR count). The van der Waals surface area contributed by atoms with Gasteiger partial charge in [-0.15, -0.1) is 0 Å². The Balaban J connectivity index is 2.60. The van der Waals surface area contributed by atoms with Crippen molar-refractivity contribution < 1.29 is 4.39 Å². The molecule has 0 amide bonds. The van der Waals surface area contributed by atoms with E-state index in [1.54, 1.807) is 18.2 Å². The van der Waals surface area contributed by atoms with Gasteiger partial charge in [0.2, 0.25) is 5.95 Å². The zero-order valence-electron chi connectivity index (χ0n) is 7.61. The first kappa shape index (κ1) is 9.86. The van der Waals surface area contributed by atoms with Crippen LogP contribution in [0.3, 0.4) is 0 Å². The number of aromatic nitrogens is 2. The average molecular weight is 224 g/mol. The SMILES string of the molecule is Nc1ncc(-c2ccccc2F)c(Cl)n1. The van der Waals surface area contributed by atoms with Crippen LogP contribution in [0.4, 0.5) is 10.3 Å². The molecule has 0 saturated heterocycles. The minimum absolute atomic E-state index is 0.0695. The van der Waals surface area contributed by atoms with E-state index >= 15 is 0 Å². The van der Waals surface area contributed by atoms with Gasteiger partial charge in [-0.1, -0.05) is 29.8 Å². The molecule has 2 N–H and O–H groups in total. The first-order chi connectivity index (χ1) is 7.18. The highest BCUT2D eigenvalue weighted by Crippen LogP contribution is 2.27. The van der Waals surface area contributed by atoms with E-state index in [1.165, 1.54) is 12.3 Å². The Morgan fingerprint density at radius 1 is 1.20 bits per heavy atom. The number of nitrogens with two attached hydrogens (primary N) is 1. The van der Waals surface area contributed by atoms with Crippen LogP contribution in [-0.2, 0) is 0 Å². The van der Waals surface area contributed by atoms with Crippen molar-refractivity contribution in [3.63, 3.8) is 0 Å². The van der Waals surface area contributed by atoms with Crippen molar-refractivity contribution in [1.82, 2.24) is 9.97 Å². The molecule has 1 heterocycles. The van der Waals surface area contributed by atoms with E-state index in [2.05, 4.69) is 9.97 Å². The molecule has 5 heteroatoms. The lowest BCUT2D eigenvalue weighted by atomic mass is 10.1. The maximum atomic E-state index is 13.4. The molecule has 0 spiro atoms. The summed E-state index contributed by atoms with van der Waals surface area (Å²) in [5, 5.41) is 0.146. The summed E-state index contributed by atoms with van der Waals surface area (Å²) in [4.78, 5) is 7.53. The van der Waals surface area contributed by atoms with Crippen LogP contribution < -0.4 is 5.73 Å². The molecule has 0 aliphatic heterocycles. The average Bonchev–Trinajstić information content (AvgIpc) is 2.20. The van der Waals surface area contributed by atoms with E-state index < -0.39 is 0 Å². The summed E-state index contributed by atoms with van der Waals surface area (Å²) in [5.41, 5.74) is 6.14. The molecule has 1 aromatic heterocycles. The fourth-order valence-corrected chi connectivity index (χ4v) is 1.47. The third kappa shape index (κ3) is 1.89. The predicted octanol–water partition coefficient (Wildman–Crippen LogP) is 2.52. The quantitative estimate of drug-likeness (QED) is 0.756. The van der Waals surface area contributed by atoms with Crippen LogP contribution in [0, 0.1) is 5.82 Å². The maximum Gasteiger partial charge on any atom is 0.221 e. The van der Waals surface area contributed by atoms with Gasteiger partial charge in [-0.2, -0.15) is 0 Å². The lowest BCUT2D eigenvalue weighted by molar-refractivity contribution is 0.631. The van der Waals surface area contributed by atoms with E-state index in [1.807, 2.05) is 0 Å². The van der Waals surface area contributed by atoms with E-state index in [-0.39, 0.29) is 16.9 Å². The van der Waals surface area contributed by atoms with Crippen molar-refractivity contribution in [3.8, 4) is 11.1 Å². The van der Waals surface area contributed by atoms with Crippen LogP contribution in [0.2, 0.25) is 5.15 Å². The molecule has 3 nitrogen and oxygen atoms in total. The molecule has 0 aliphatic rings. The molecule has 0 fully saturated rings. The van der Waals surface area contributed by atoms with Crippen LogP contribution >= 0.6 is 11.6 Å². The van der Waals surface area contributed by atoms with Gasteiger partial charge in [-0.3, -0.25) is 0 Å². The standard InChI is InChI=1S/C10H7ClFN3/c11-9-7(5-14-10(13)15-9)6-3-1-2-4-8(6)12/h1-5H,(H2,13,14,15). The number of hydrogen-bond donors (Lipinski definition) is 1. The fraction of sp³-hybridized carbons (Fsp3) is 0.